The van der Waals surface area contributed by atoms with Gasteiger partial charge in [0.25, 0.3) is 5.91 Å². The first-order valence-corrected chi connectivity index (χ1v) is 11.3. The second kappa shape index (κ2) is 9.08. The number of rotatable bonds is 6. The van der Waals surface area contributed by atoms with E-state index < -0.39 is 0 Å². The molecule has 7 heteroatoms. The van der Waals surface area contributed by atoms with Gasteiger partial charge < -0.3 is 14.8 Å². The number of aromatic nitrogens is 1. The summed E-state index contributed by atoms with van der Waals surface area (Å²) < 4.78 is 13.2. The Morgan fingerprint density at radius 2 is 1.84 bits per heavy atom. The molecule has 0 radical (unpaired) electrons. The molecule has 0 spiro atoms. The number of aryl methyl sites for hydroxylation is 2. The van der Waals surface area contributed by atoms with E-state index in [1.54, 1.807) is 24.5 Å². The van der Waals surface area contributed by atoms with Crippen molar-refractivity contribution in [3.63, 3.8) is 0 Å². The lowest BCUT2D eigenvalue weighted by molar-refractivity contribution is -0.118. The summed E-state index contributed by atoms with van der Waals surface area (Å²) in [7, 11) is 1.58. The number of amides is 1. The lowest BCUT2D eigenvalue weighted by atomic mass is 10.1. The summed E-state index contributed by atoms with van der Waals surface area (Å²) >= 11 is 5.11. The Morgan fingerprint density at radius 3 is 2.61 bits per heavy atom. The van der Waals surface area contributed by atoms with E-state index in [1.807, 2.05) is 56.3 Å². The highest BCUT2D eigenvalue weighted by Gasteiger charge is 2.13. The molecule has 0 aliphatic carbocycles. The zero-order valence-corrected chi connectivity index (χ0v) is 19.8. The lowest BCUT2D eigenvalue weighted by Crippen LogP contribution is -2.20. The number of fused-ring (bicyclic) bond motifs is 1. The third-order valence-electron chi connectivity index (χ3n) is 4.92. The zero-order valence-electron chi connectivity index (χ0n) is 17.4. The van der Waals surface area contributed by atoms with Crippen molar-refractivity contribution >= 4 is 49.1 Å². The van der Waals surface area contributed by atoms with E-state index in [0.717, 1.165) is 42.1 Å². The van der Waals surface area contributed by atoms with Crippen LogP contribution in [0.3, 0.4) is 0 Å². The van der Waals surface area contributed by atoms with Crippen LogP contribution >= 0.6 is 27.3 Å². The van der Waals surface area contributed by atoms with Crippen molar-refractivity contribution in [3.8, 4) is 22.1 Å². The van der Waals surface area contributed by atoms with Gasteiger partial charge in [0.05, 0.1) is 23.0 Å². The maximum absolute atomic E-state index is 12.4. The van der Waals surface area contributed by atoms with E-state index in [4.69, 9.17) is 9.47 Å². The fourth-order valence-electron chi connectivity index (χ4n) is 3.12. The molecule has 3 aromatic carbocycles. The number of anilines is 1. The molecular weight excluding hydrogens is 476 g/mol. The van der Waals surface area contributed by atoms with Crippen molar-refractivity contribution in [1.29, 1.82) is 0 Å². The number of para-hydroxylation sites is 1. The highest BCUT2D eigenvalue weighted by molar-refractivity contribution is 9.10. The van der Waals surface area contributed by atoms with Crippen LogP contribution in [0.1, 0.15) is 11.1 Å². The molecule has 0 unspecified atom stereocenters. The highest BCUT2D eigenvalue weighted by atomic mass is 79.9. The molecule has 5 nitrogen and oxygen atoms in total. The molecular formula is C24H21BrN2O3S. The molecule has 1 heterocycles. The average molecular weight is 497 g/mol. The number of ether oxygens (including phenoxy) is 2. The number of carbonyl (C=O) groups excluding carboxylic acids is 1. The normalized spacial score (nSPS) is 10.8. The smallest absolute Gasteiger partial charge is 0.262 e. The average Bonchev–Trinajstić information content (AvgIpc) is 3.20. The van der Waals surface area contributed by atoms with Gasteiger partial charge in [-0.05, 0) is 83.4 Å². The molecule has 1 N–H and O–H groups in total. The van der Waals surface area contributed by atoms with Crippen LogP contribution in [0.15, 0.2) is 59.1 Å². The van der Waals surface area contributed by atoms with Crippen LogP contribution in [0.25, 0.3) is 20.8 Å². The fourth-order valence-corrected chi connectivity index (χ4v) is 4.64. The van der Waals surface area contributed by atoms with Crippen molar-refractivity contribution in [2.45, 2.75) is 13.8 Å². The van der Waals surface area contributed by atoms with Crippen LogP contribution in [-0.4, -0.2) is 24.6 Å². The number of hydrogen-bond donors (Lipinski definition) is 1. The zero-order chi connectivity index (χ0) is 22.0. The summed E-state index contributed by atoms with van der Waals surface area (Å²) in [6.45, 7) is 3.90. The van der Waals surface area contributed by atoms with E-state index >= 15 is 0 Å². The highest BCUT2D eigenvalue weighted by Crippen LogP contribution is 2.36. The molecule has 4 aromatic rings. The first-order chi connectivity index (χ1) is 14.9. The summed E-state index contributed by atoms with van der Waals surface area (Å²) in [5.74, 6) is 0.805. The molecule has 0 fully saturated rings. The number of nitrogens with zero attached hydrogens (tertiary/aromatic N) is 1. The minimum Gasteiger partial charge on any atom is -0.493 e. The minimum atomic E-state index is -0.249. The third kappa shape index (κ3) is 4.73. The van der Waals surface area contributed by atoms with Crippen LogP contribution in [0.2, 0.25) is 0 Å². The van der Waals surface area contributed by atoms with Gasteiger partial charge in [-0.3, -0.25) is 4.79 Å². The molecule has 31 heavy (non-hydrogen) atoms. The van der Waals surface area contributed by atoms with Gasteiger partial charge in [-0.25, -0.2) is 4.98 Å². The maximum Gasteiger partial charge on any atom is 0.262 e. The van der Waals surface area contributed by atoms with Gasteiger partial charge in [-0.2, -0.15) is 0 Å². The fraction of sp³-hybridized carbons (Fsp3) is 0.167. The molecule has 1 amide bonds. The van der Waals surface area contributed by atoms with Crippen molar-refractivity contribution in [2.24, 2.45) is 0 Å². The van der Waals surface area contributed by atoms with Crippen molar-refractivity contribution in [1.82, 2.24) is 4.98 Å². The number of thiazole rings is 1. The molecule has 0 saturated carbocycles. The van der Waals surface area contributed by atoms with Gasteiger partial charge in [0.2, 0.25) is 0 Å². The molecule has 0 aliphatic rings. The molecule has 158 valence electrons. The van der Waals surface area contributed by atoms with Gasteiger partial charge in [-0.1, -0.05) is 12.1 Å². The summed E-state index contributed by atoms with van der Waals surface area (Å²) in [5, 5.41) is 3.78. The van der Waals surface area contributed by atoms with E-state index in [9.17, 15) is 4.79 Å². The number of halogens is 1. The molecule has 0 saturated heterocycles. The predicted octanol–water partition coefficient (Wildman–Crippen LogP) is 6.37. The van der Waals surface area contributed by atoms with Gasteiger partial charge in [0, 0.05) is 10.0 Å². The Kier molecular flexibility index (Phi) is 6.25. The van der Waals surface area contributed by atoms with Gasteiger partial charge in [-0.15, -0.1) is 11.3 Å². The number of benzene rings is 3. The summed E-state index contributed by atoms with van der Waals surface area (Å²) in [5.41, 5.74) is 4.88. The second-order valence-corrected chi connectivity index (χ2v) is 8.99. The van der Waals surface area contributed by atoms with Crippen LogP contribution in [-0.2, 0) is 4.79 Å². The standard InChI is InChI=1S/C24H21BrN2O3S/c1-14-10-17(25)19(11-15(14)2)26-23(28)13-30-20-9-8-16(12-21(20)29-3)24-27-18-6-4-5-7-22(18)31-24/h4-12H,13H2,1-3H3,(H,26,28). The minimum absolute atomic E-state index is 0.129. The SMILES string of the molecule is COc1cc(-c2nc3ccccc3s2)ccc1OCC(=O)Nc1cc(C)c(C)cc1Br. The van der Waals surface area contributed by atoms with Crippen molar-refractivity contribution in [3.05, 3.63) is 70.2 Å². The molecule has 0 atom stereocenters. The number of hydrogen-bond acceptors (Lipinski definition) is 5. The van der Waals surface area contributed by atoms with Crippen LogP contribution in [0, 0.1) is 13.8 Å². The van der Waals surface area contributed by atoms with Crippen LogP contribution < -0.4 is 14.8 Å². The molecule has 4 rings (SSSR count). The van der Waals surface area contributed by atoms with Crippen LogP contribution in [0.4, 0.5) is 5.69 Å². The first kappa shape index (κ1) is 21.3. The number of nitrogens with one attached hydrogen (secondary N) is 1. The second-order valence-electron chi connectivity index (χ2n) is 7.11. The summed E-state index contributed by atoms with van der Waals surface area (Å²) in [6.07, 6.45) is 0. The third-order valence-corrected chi connectivity index (χ3v) is 6.66. The quantitative estimate of drug-likeness (QED) is 0.336. The van der Waals surface area contributed by atoms with Crippen molar-refractivity contribution in [2.75, 3.05) is 19.0 Å². The Morgan fingerprint density at radius 1 is 1.06 bits per heavy atom. The van der Waals surface area contributed by atoms with Crippen LogP contribution in [0.5, 0.6) is 11.5 Å². The Hall–Kier alpha value is -2.90. The Balaban J connectivity index is 1.47. The van der Waals surface area contributed by atoms with Crippen molar-refractivity contribution < 1.29 is 14.3 Å². The molecule has 1 aromatic heterocycles. The van der Waals surface area contributed by atoms with Gasteiger partial charge in [0.15, 0.2) is 18.1 Å². The Labute approximate surface area is 193 Å². The van der Waals surface area contributed by atoms with E-state index in [1.165, 1.54) is 0 Å². The topological polar surface area (TPSA) is 60.5 Å². The van der Waals surface area contributed by atoms with E-state index in [2.05, 4.69) is 32.3 Å². The number of carbonyl (C=O) groups is 1. The lowest BCUT2D eigenvalue weighted by Gasteiger charge is -2.13. The Bertz CT molecular complexity index is 1240. The number of methoxy groups -OCH3 is 1. The molecule has 0 bridgehead atoms. The van der Waals surface area contributed by atoms with Gasteiger partial charge >= 0.3 is 0 Å². The molecule has 0 aliphatic heterocycles. The maximum atomic E-state index is 12.4. The largest absolute Gasteiger partial charge is 0.493 e. The van der Waals surface area contributed by atoms with E-state index in [0.29, 0.717) is 11.5 Å². The summed E-state index contributed by atoms with van der Waals surface area (Å²) in [4.78, 5) is 17.1. The van der Waals surface area contributed by atoms with Gasteiger partial charge in [0.1, 0.15) is 5.01 Å². The monoisotopic (exact) mass is 496 g/mol. The summed E-state index contributed by atoms with van der Waals surface area (Å²) in [6, 6.07) is 17.6. The first-order valence-electron chi connectivity index (χ1n) is 9.68. The predicted molar refractivity (Wildman–Crippen MR) is 129 cm³/mol. The van der Waals surface area contributed by atoms with E-state index in [-0.39, 0.29) is 12.5 Å².